The minimum atomic E-state index is -0.431. The van der Waals surface area contributed by atoms with Crippen molar-refractivity contribution in [3.8, 4) is 5.75 Å². The first-order valence-electron chi connectivity index (χ1n) is 6.22. The van der Waals surface area contributed by atoms with Crippen LogP contribution in [0, 0.1) is 5.82 Å². The number of methoxy groups -OCH3 is 1. The maximum absolute atomic E-state index is 13.5. The molecule has 1 aromatic rings. The van der Waals surface area contributed by atoms with E-state index in [4.69, 9.17) is 4.74 Å². The second-order valence-corrected chi connectivity index (χ2v) is 4.30. The van der Waals surface area contributed by atoms with Gasteiger partial charge in [0.1, 0.15) is 0 Å². The Balaban J connectivity index is 2.01. The van der Waals surface area contributed by atoms with Crippen molar-refractivity contribution < 1.29 is 13.9 Å². The number of rotatable bonds is 3. The Hall–Kier alpha value is -1.88. The van der Waals surface area contributed by atoms with Crippen LogP contribution in [0.15, 0.2) is 24.3 Å². The van der Waals surface area contributed by atoms with Crippen LogP contribution in [0.4, 0.5) is 4.39 Å². The molecule has 1 heterocycles. The van der Waals surface area contributed by atoms with Crippen molar-refractivity contribution in [2.24, 2.45) is 0 Å². The Morgan fingerprint density at radius 2 is 2.16 bits per heavy atom. The Bertz CT molecular complexity index is 482. The third kappa shape index (κ3) is 3.54. The molecule has 1 amide bonds. The van der Waals surface area contributed by atoms with Crippen LogP contribution >= 0.6 is 0 Å². The van der Waals surface area contributed by atoms with E-state index in [0.717, 1.165) is 13.1 Å². The zero-order valence-electron chi connectivity index (χ0n) is 10.9. The summed E-state index contributed by atoms with van der Waals surface area (Å²) < 4.78 is 18.3. The SMILES string of the molecule is COc1ccc(C=CC(=O)N2CCNCC2)cc1F. The van der Waals surface area contributed by atoms with Crippen molar-refractivity contribution in [1.29, 1.82) is 0 Å². The summed E-state index contributed by atoms with van der Waals surface area (Å²) in [6.45, 7) is 3.05. The van der Waals surface area contributed by atoms with Gasteiger partial charge in [-0.2, -0.15) is 0 Å². The highest BCUT2D eigenvalue weighted by Gasteiger charge is 2.13. The molecule has 0 radical (unpaired) electrons. The molecule has 0 unspecified atom stereocenters. The molecule has 102 valence electrons. The number of nitrogens with zero attached hydrogens (tertiary/aromatic N) is 1. The van der Waals surface area contributed by atoms with Gasteiger partial charge in [-0.05, 0) is 23.8 Å². The Kier molecular flexibility index (Phi) is 4.52. The zero-order valence-corrected chi connectivity index (χ0v) is 10.9. The molecule has 1 aromatic carbocycles. The van der Waals surface area contributed by atoms with Gasteiger partial charge in [-0.15, -0.1) is 0 Å². The highest BCUT2D eigenvalue weighted by atomic mass is 19.1. The van der Waals surface area contributed by atoms with Crippen molar-refractivity contribution in [1.82, 2.24) is 10.2 Å². The summed E-state index contributed by atoms with van der Waals surface area (Å²) in [5.74, 6) is -0.275. The van der Waals surface area contributed by atoms with Crippen LogP contribution in [-0.4, -0.2) is 44.1 Å². The summed E-state index contributed by atoms with van der Waals surface area (Å²) in [7, 11) is 1.42. The molecule has 1 fully saturated rings. The lowest BCUT2D eigenvalue weighted by molar-refractivity contribution is -0.126. The van der Waals surface area contributed by atoms with Gasteiger partial charge in [-0.3, -0.25) is 4.79 Å². The van der Waals surface area contributed by atoms with Crippen molar-refractivity contribution >= 4 is 12.0 Å². The number of nitrogens with one attached hydrogen (secondary N) is 1. The van der Waals surface area contributed by atoms with Gasteiger partial charge < -0.3 is 15.0 Å². The number of carbonyl (C=O) groups excluding carboxylic acids is 1. The normalized spacial score (nSPS) is 15.8. The van der Waals surface area contributed by atoms with Gasteiger partial charge in [-0.1, -0.05) is 6.07 Å². The van der Waals surface area contributed by atoms with E-state index < -0.39 is 5.82 Å². The molecule has 19 heavy (non-hydrogen) atoms. The Morgan fingerprint density at radius 1 is 1.42 bits per heavy atom. The van der Waals surface area contributed by atoms with Crippen LogP contribution in [0.25, 0.3) is 6.08 Å². The topological polar surface area (TPSA) is 41.6 Å². The lowest BCUT2D eigenvalue weighted by atomic mass is 10.2. The first-order chi connectivity index (χ1) is 9.20. The molecule has 0 bridgehead atoms. The first kappa shape index (κ1) is 13.5. The number of carbonyl (C=O) groups is 1. The summed E-state index contributed by atoms with van der Waals surface area (Å²) in [6.07, 6.45) is 3.10. The van der Waals surface area contributed by atoms with Crippen molar-refractivity contribution in [2.75, 3.05) is 33.3 Å². The maximum Gasteiger partial charge on any atom is 0.246 e. The van der Waals surface area contributed by atoms with Gasteiger partial charge in [0.05, 0.1) is 7.11 Å². The molecule has 1 aliphatic heterocycles. The highest BCUT2D eigenvalue weighted by Crippen LogP contribution is 2.18. The molecule has 0 aromatic heterocycles. The van der Waals surface area contributed by atoms with Gasteiger partial charge >= 0.3 is 0 Å². The van der Waals surface area contributed by atoms with Gasteiger partial charge in [0.25, 0.3) is 0 Å². The smallest absolute Gasteiger partial charge is 0.246 e. The highest BCUT2D eigenvalue weighted by molar-refractivity contribution is 5.91. The number of piperazine rings is 1. The monoisotopic (exact) mass is 264 g/mol. The van der Waals surface area contributed by atoms with Gasteiger partial charge in [-0.25, -0.2) is 4.39 Å². The third-order valence-corrected chi connectivity index (χ3v) is 3.02. The number of amides is 1. The van der Waals surface area contributed by atoms with Crippen molar-refractivity contribution in [3.05, 3.63) is 35.7 Å². The molecule has 4 nitrogen and oxygen atoms in total. The molecule has 2 rings (SSSR count). The van der Waals surface area contributed by atoms with Gasteiger partial charge in [0.15, 0.2) is 11.6 Å². The number of hydrogen-bond acceptors (Lipinski definition) is 3. The fourth-order valence-corrected chi connectivity index (χ4v) is 1.94. The average molecular weight is 264 g/mol. The van der Waals surface area contributed by atoms with Crippen LogP contribution in [0.3, 0.4) is 0 Å². The molecule has 0 atom stereocenters. The minimum Gasteiger partial charge on any atom is -0.494 e. The summed E-state index contributed by atoms with van der Waals surface area (Å²) >= 11 is 0. The second-order valence-electron chi connectivity index (χ2n) is 4.30. The Morgan fingerprint density at radius 3 is 2.79 bits per heavy atom. The number of halogens is 1. The predicted molar refractivity (Wildman–Crippen MR) is 71.4 cm³/mol. The summed E-state index contributed by atoms with van der Waals surface area (Å²) in [5, 5.41) is 3.18. The van der Waals surface area contributed by atoms with Gasteiger partial charge in [0, 0.05) is 32.3 Å². The molecule has 0 spiro atoms. The standard InChI is InChI=1S/C14H17FN2O2/c1-19-13-4-2-11(10-12(13)15)3-5-14(18)17-8-6-16-7-9-17/h2-5,10,16H,6-9H2,1H3. The third-order valence-electron chi connectivity index (χ3n) is 3.02. The zero-order chi connectivity index (χ0) is 13.7. The molecule has 0 saturated carbocycles. The van der Waals surface area contributed by atoms with E-state index >= 15 is 0 Å². The van der Waals surface area contributed by atoms with E-state index in [0.29, 0.717) is 18.7 Å². The molecular weight excluding hydrogens is 247 g/mol. The molecule has 1 N–H and O–H groups in total. The van der Waals surface area contributed by atoms with Crippen LogP contribution < -0.4 is 10.1 Å². The summed E-state index contributed by atoms with van der Waals surface area (Å²) in [4.78, 5) is 13.6. The minimum absolute atomic E-state index is 0.0438. The van der Waals surface area contributed by atoms with E-state index in [1.165, 1.54) is 19.3 Å². The quantitative estimate of drug-likeness (QED) is 0.836. The van der Waals surface area contributed by atoms with E-state index in [1.54, 1.807) is 23.1 Å². The second kappa shape index (κ2) is 6.33. The van der Waals surface area contributed by atoms with Crippen LogP contribution in [0.1, 0.15) is 5.56 Å². The van der Waals surface area contributed by atoms with Gasteiger partial charge in [0.2, 0.25) is 5.91 Å². The van der Waals surface area contributed by atoms with E-state index in [-0.39, 0.29) is 11.7 Å². The fourth-order valence-electron chi connectivity index (χ4n) is 1.94. The van der Waals surface area contributed by atoms with E-state index in [9.17, 15) is 9.18 Å². The van der Waals surface area contributed by atoms with Crippen LogP contribution in [0.2, 0.25) is 0 Å². The van der Waals surface area contributed by atoms with Crippen LogP contribution in [-0.2, 0) is 4.79 Å². The predicted octanol–water partition coefficient (Wildman–Crippen LogP) is 1.28. The molecule has 1 aliphatic rings. The van der Waals surface area contributed by atoms with E-state index in [2.05, 4.69) is 5.32 Å². The first-order valence-corrected chi connectivity index (χ1v) is 6.22. The van der Waals surface area contributed by atoms with Crippen molar-refractivity contribution in [3.63, 3.8) is 0 Å². The fraction of sp³-hybridized carbons (Fsp3) is 0.357. The molecular formula is C14H17FN2O2. The summed E-state index contributed by atoms with van der Waals surface area (Å²) in [6, 6.07) is 4.61. The van der Waals surface area contributed by atoms with Crippen LogP contribution in [0.5, 0.6) is 5.75 Å². The number of hydrogen-bond donors (Lipinski definition) is 1. The summed E-state index contributed by atoms with van der Waals surface area (Å²) in [5.41, 5.74) is 0.641. The Labute approximate surface area is 111 Å². The number of ether oxygens (including phenoxy) is 1. The lowest BCUT2D eigenvalue weighted by Crippen LogP contribution is -2.45. The molecule has 1 saturated heterocycles. The molecule has 5 heteroatoms. The van der Waals surface area contributed by atoms with Crippen molar-refractivity contribution in [2.45, 2.75) is 0 Å². The largest absolute Gasteiger partial charge is 0.494 e. The maximum atomic E-state index is 13.5. The molecule has 0 aliphatic carbocycles. The number of benzene rings is 1. The lowest BCUT2D eigenvalue weighted by Gasteiger charge is -2.26. The van der Waals surface area contributed by atoms with E-state index in [1.807, 2.05) is 0 Å². The average Bonchev–Trinajstić information content (AvgIpc) is 2.46.